The first-order chi connectivity index (χ1) is 0. The normalized spacial score (nSPS) is 0. The van der Waals surface area contributed by atoms with Gasteiger partial charge < -0.3 is 0 Å². The minimum atomic E-state index is 0. The lowest BCUT2D eigenvalue weighted by molar-refractivity contribution is 2.50. The van der Waals surface area contributed by atoms with Gasteiger partial charge in [-0.05, 0) is 0 Å². The van der Waals surface area contributed by atoms with E-state index in [4.69, 9.17) is 0 Å². The molecule has 0 saturated heterocycles. The molecule has 0 atom stereocenters. The van der Waals surface area contributed by atoms with Gasteiger partial charge in [0.1, 0.15) is 0 Å². The van der Waals surface area contributed by atoms with Crippen molar-refractivity contribution in [3.05, 3.63) is 0 Å². The molecule has 0 aliphatic heterocycles. The summed E-state index contributed by atoms with van der Waals surface area (Å²) >= 11 is 0. The summed E-state index contributed by atoms with van der Waals surface area (Å²) in [5, 5.41) is 0. The van der Waals surface area contributed by atoms with Gasteiger partial charge in [0.15, 0.2) is 52.1 Å². The Bertz CT molecular complexity index is 3.25. The summed E-state index contributed by atoms with van der Waals surface area (Å²) in [7, 11) is 0. The molecule has 26 valence electrons. The molecule has 0 heterocycles. The molecule has 0 amide bonds. The van der Waals surface area contributed by atoms with Crippen LogP contribution in [0.1, 0.15) is 7.43 Å². The second-order valence-corrected chi connectivity index (χ2v) is 0. The highest BCUT2D eigenvalue weighted by Crippen LogP contribution is 0.144. The maximum Gasteiger partial charge on any atom is 0.187 e. The van der Waals surface area contributed by atoms with Gasteiger partial charge in [0, 0.05) is 0 Å². The summed E-state index contributed by atoms with van der Waals surface area (Å²) in [5.41, 5.74) is 0. The summed E-state index contributed by atoms with van der Waals surface area (Å²) in [6, 6.07) is 0. The Balaban J connectivity index is 0. The van der Waals surface area contributed by atoms with E-state index in [9.17, 15) is 0 Å². The molecule has 0 aromatic carbocycles. The maximum atomic E-state index is 0. The Kier molecular flexibility index (Phi) is 270. The second kappa shape index (κ2) is 23.3. The summed E-state index contributed by atoms with van der Waals surface area (Å²) in [6.45, 7) is 0. The molecule has 0 spiro atoms. The Morgan fingerprint density at radius 1 is 0.500 bits per heavy atom. The maximum absolute atomic E-state index is 0. The van der Waals surface area contributed by atoms with Gasteiger partial charge in [-0.1, -0.05) is 7.43 Å². The molecule has 0 aromatic heterocycles. The predicted molar refractivity (Wildman–Crippen MR) is 36.5 cm³/mol. The zero-order chi connectivity index (χ0) is 0. The van der Waals surface area contributed by atoms with Gasteiger partial charge in [0.05, 0.1) is 0 Å². The van der Waals surface area contributed by atoms with E-state index in [2.05, 4.69) is 0 Å². The van der Waals surface area contributed by atoms with Crippen LogP contribution in [-0.4, -0.2) is 52.1 Å². The first kappa shape index (κ1) is 46.4. The zero-order valence-corrected chi connectivity index (χ0v) is 0. The molecule has 0 fully saturated rings. The number of rotatable bonds is 0. The van der Waals surface area contributed by atoms with Crippen LogP contribution < -0.4 is 0 Å². The largest absolute Gasteiger partial charge is 0.187 e. The van der Waals surface area contributed by atoms with Crippen LogP contribution in [0.25, 0.3) is 0 Å². The van der Waals surface area contributed by atoms with Gasteiger partial charge in [-0.3, -0.25) is 0 Å². The SMILES string of the molecule is C.[AlH3].[AlH3].[AlH3]. The molecule has 0 aromatic rings. The molecular formula is CH13Al3. The topological polar surface area (TPSA) is 0 Å². The fourth-order valence-corrected chi connectivity index (χ4v) is 0. The first-order valence-electron chi connectivity index (χ1n) is 0. The molecule has 0 unspecified atom stereocenters. The summed E-state index contributed by atoms with van der Waals surface area (Å²) < 4.78 is 0. The van der Waals surface area contributed by atoms with Crippen LogP contribution in [0.15, 0.2) is 0 Å². The molecule has 3 heteroatoms. The lowest BCUT2D eigenvalue weighted by Gasteiger charge is -0.0776. The molecule has 0 radical (unpaired) electrons. The first-order valence-corrected chi connectivity index (χ1v) is 0. The molecule has 0 N–H and O–H groups in total. The van der Waals surface area contributed by atoms with E-state index in [0.29, 0.717) is 0 Å². The Labute approximate surface area is 59.4 Å². The van der Waals surface area contributed by atoms with Gasteiger partial charge in [0.2, 0.25) is 0 Å². The van der Waals surface area contributed by atoms with Crippen molar-refractivity contribution in [2.45, 2.75) is 7.43 Å². The standard InChI is InChI=1S/CH4.3Al.9H/h1H4;;;;;;;;;;;;. The number of hydrogen-bond acceptors (Lipinski definition) is 0. The van der Waals surface area contributed by atoms with Crippen LogP contribution in [-0.2, 0) is 0 Å². The fraction of sp³-hybridized carbons (Fsp3) is 1.00. The predicted octanol–water partition coefficient (Wildman–Crippen LogP) is -2.92. The van der Waals surface area contributed by atoms with Crippen molar-refractivity contribution >= 4 is 52.1 Å². The highest BCUT2D eigenvalue weighted by atomic mass is 27.0. The number of hydrogen-bond donors (Lipinski definition) is 0. The zero-order valence-electron chi connectivity index (χ0n) is 0. The van der Waals surface area contributed by atoms with E-state index in [1.807, 2.05) is 0 Å². The summed E-state index contributed by atoms with van der Waals surface area (Å²) in [6.07, 6.45) is 0. The molecule has 0 aliphatic carbocycles. The third-order valence-electron chi connectivity index (χ3n) is 0. The molecule has 4 heavy (non-hydrogen) atoms. The molecule has 0 bridgehead atoms. The quantitative estimate of drug-likeness (QED) is 0.290. The van der Waals surface area contributed by atoms with Gasteiger partial charge >= 0.3 is 0 Å². The van der Waals surface area contributed by atoms with Crippen molar-refractivity contribution < 1.29 is 0 Å². The van der Waals surface area contributed by atoms with Gasteiger partial charge in [-0.25, -0.2) is 0 Å². The van der Waals surface area contributed by atoms with Crippen LogP contribution in [0.2, 0.25) is 0 Å². The van der Waals surface area contributed by atoms with Crippen LogP contribution in [0.5, 0.6) is 0 Å². The average molecular weight is 106 g/mol. The van der Waals surface area contributed by atoms with Gasteiger partial charge in [-0.2, -0.15) is 0 Å². The Morgan fingerprint density at radius 3 is 0.500 bits per heavy atom. The monoisotopic (exact) mass is 106 g/mol. The molecule has 0 saturated carbocycles. The highest BCUT2D eigenvalue weighted by Gasteiger charge is 0.189. The smallest absolute Gasteiger partial charge is 0.0776 e. The minimum absolute atomic E-state index is 0. The second-order valence-electron chi connectivity index (χ2n) is 0. The lowest BCUT2D eigenvalue weighted by atomic mass is 12.0. The molecule has 0 nitrogen and oxygen atoms in total. The van der Waals surface area contributed by atoms with E-state index < -0.39 is 0 Å². The van der Waals surface area contributed by atoms with E-state index in [0.717, 1.165) is 0 Å². The molecule has 0 rings (SSSR count). The van der Waals surface area contributed by atoms with Crippen molar-refractivity contribution in [1.29, 1.82) is 0 Å². The summed E-state index contributed by atoms with van der Waals surface area (Å²) in [4.78, 5) is 0. The van der Waals surface area contributed by atoms with Gasteiger partial charge in [-0.15, -0.1) is 0 Å². The lowest BCUT2D eigenvalue weighted by Crippen LogP contribution is -0.382. The molecular weight excluding hydrogens is 93.0 g/mol. The van der Waals surface area contributed by atoms with E-state index >= 15 is 0 Å². The van der Waals surface area contributed by atoms with Crippen molar-refractivity contribution in [2.75, 3.05) is 0 Å². The summed E-state index contributed by atoms with van der Waals surface area (Å²) in [5.74, 6) is 0. The Morgan fingerprint density at radius 2 is 0.500 bits per heavy atom. The third-order valence-corrected chi connectivity index (χ3v) is 0. The van der Waals surface area contributed by atoms with Crippen LogP contribution in [0, 0.1) is 0 Å². The van der Waals surface area contributed by atoms with Crippen molar-refractivity contribution in [3.8, 4) is 0 Å². The van der Waals surface area contributed by atoms with Gasteiger partial charge in [0.25, 0.3) is 0 Å². The third kappa shape index (κ3) is 9.51. The van der Waals surface area contributed by atoms with E-state index in [1.165, 1.54) is 0 Å². The van der Waals surface area contributed by atoms with Crippen molar-refractivity contribution in [3.63, 3.8) is 0 Å². The van der Waals surface area contributed by atoms with Crippen LogP contribution in [0.4, 0.5) is 0 Å². The Hall–Kier alpha value is 1.60. The van der Waals surface area contributed by atoms with E-state index in [-0.39, 0.29) is 59.5 Å². The van der Waals surface area contributed by atoms with Crippen LogP contribution in [0.3, 0.4) is 0 Å². The van der Waals surface area contributed by atoms with Crippen molar-refractivity contribution in [2.24, 2.45) is 0 Å². The highest BCUT2D eigenvalue weighted by molar-refractivity contribution is 5.76. The van der Waals surface area contributed by atoms with E-state index in [1.54, 1.807) is 0 Å². The van der Waals surface area contributed by atoms with Crippen molar-refractivity contribution in [1.82, 2.24) is 0 Å². The van der Waals surface area contributed by atoms with Crippen LogP contribution >= 0.6 is 0 Å². The molecule has 0 aliphatic rings. The fourth-order valence-electron chi connectivity index (χ4n) is 0. The average Bonchev–Trinajstić information content (AvgIpc) is 0. The minimum Gasteiger partial charge on any atom is -0.0776 e.